The van der Waals surface area contributed by atoms with E-state index in [4.69, 9.17) is 25.8 Å². The zero-order valence-electron chi connectivity index (χ0n) is 18.7. The van der Waals surface area contributed by atoms with Crippen LogP contribution in [0.25, 0.3) is 0 Å². The molecule has 0 fully saturated rings. The molecule has 0 bridgehead atoms. The summed E-state index contributed by atoms with van der Waals surface area (Å²) in [6.45, 7) is 0.141. The average molecular weight is 482 g/mol. The summed E-state index contributed by atoms with van der Waals surface area (Å²) in [5.41, 5.74) is 4.46. The number of methoxy groups -OCH3 is 2. The predicted molar refractivity (Wildman–Crippen MR) is 130 cm³/mol. The fourth-order valence-electron chi connectivity index (χ4n) is 2.85. The van der Waals surface area contributed by atoms with Crippen LogP contribution in [0.1, 0.15) is 21.5 Å². The second kappa shape index (κ2) is 12.3. The summed E-state index contributed by atoms with van der Waals surface area (Å²) < 4.78 is 16.3. The van der Waals surface area contributed by atoms with Crippen molar-refractivity contribution in [3.05, 3.63) is 88.4 Å². The highest BCUT2D eigenvalue weighted by Gasteiger charge is 2.08. The van der Waals surface area contributed by atoms with Crippen molar-refractivity contribution in [1.82, 2.24) is 10.7 Å². The number of hydrogen-bond acceptors (Lipinski definition) is 6. The molecule has 0 radical (unpaired) electrons. The molecular weight excluding hydrogens is 458 g/mol. The Morgan fingerprint density at radius 1 is 0.941 bits per heavy atom. The minimum atomic E-state index is -0.465. The molecule has 34 heavy (non-hydrogen) atoms. The van der Waals surface area contributed by atoms with Crippen molar-refractivity contribution in [3.8, 4) is 17.2 Å². The van der Waals surface area contributed by atoms with Gasteiger partial charge in [0.15, 0.2) is 11.5 Å². The van der Waals surface area contributed by atoms with E-state index in [1.807, 2.05) is 12.1 Å². The average Bonchev–Trinajstić information content (AvgIpc) is 2.87. The van der Waals surface area contributed by atoms with Crippen LogP contribution in [0, 0.1) is 0 Å². The minimum Gasteiger partial charge on any atom is -0.497 e. The number of nitrogens with zero attached hydrogens (tertiary/aromatic N) is 1. The van der Waals surface area contributed by atoms with Crippen LogP contribution in [-0.4, -0.2) is 38.8 Å². The lowest BCUT2D eigenvalue weighted by Crippen LogP contribution is -2.34. The summed E-state index contributed by atoms with van der Waals surface area (Å²) >= 11 is 5.90. The number of hydrogen-bond donors (Lipinski definition) is 2. The third kappa shape index (κ3) is 7.25. The van der Waals surface area contributed by atoms with Gasteiger partial charge in [0.05, 0.1) is 27.0 Å². The Bertz CT molecular complexity index is 1150. The van der Waals surface area contributed by atoms with Crippen molar-refractivity contribution < 1.29 is 23.8 Å². The van der Waals surface area contributed by atoms with Gasteiger partial charge in [0.2, 0.25) is 0 Å². The molecule has 0 spiro atoms. The zero-order chi connectivity index (χ0) is 24.3. The molecule has 0 atom stereocenters. The highest BCUT2D eigenvalue weighted by molar-refractivity contribution is 6.30. The van der Waals surface area contributed by atoms with E-state index in [0.717, 1.165) is 5.56 Å². The summed E-state index contributed by atoms with van der Waals surface area (Å²) in [5, 5.41) is 7.12. The van der Waals surface area contributed by atoms with Gasteiger partial charge in [-0.25, -0.2) is 5.43 Å². The smallest absolute Gasteiger partial charge is 0.259 e. The highest BCUT2D eigenvalue weighted by Crippen LogP contribution is 2.28. The number of ether oxygens (including phenoxy) is 3. The molecule has 0 heterocycles. The van der Waals surface area contributed by atoms with E-state index in [9.17, 15) is 9.59 Å². The van der Waals surface area contributed by atoms with E-state index >= 15 is 0 Å². The quantitative estimate of drug-likeness (QED) is 0.339. The molecule has 176 valence electrons. The van der Waals surface area contributed by atoms with Crippen molar-refractivity contribution in [3.63, 3.8) is 0 Å². The fraction of sp³-hybridized carbons (Fsp3) is 0.160. The molecule has 9 heteroatoms. The Labute approximate surface area is 202 Å². The molecule has 8 nitrogen and oxygen atoms in total. The maximum absolute atomic E-state index is 12.1. The summed E-state index contributed by atoms with van der Waals surface area (Å²) in [6, 6.07) is 19.2. The topological polar surface area (TPSA) is 98.2 Å². The van der Waals surface area contributed by atoms with Crippen LogP contribution in [0.2, 0.25) is 5.02 Å². The SMILES string of the molecule is COc1ccc(C(=O)NCC(=O)NN=Cc2ccc(OCc3ccc(Cl)cc3)c(OC)c2)cc1. The second-order valence-electron chi connectivity index (χ2n) is 7.03. The first-order chi connectivity index (χ1) is 16.5. The maximum atomic E-state index is 12.1. The van der Waals surface area contributed by atoms with Crippen LogP contribution in [0.5, 0.6) is 17.2 Å². The molecule has 3 rings (SSSR count). The van der Waals surface area contributed by atoms with E-state index < -0.39 is 5.91 Å². The third-order valence-electron chi connectivity index (χ3n) is 4.66. The molecule has 0 saturated heterocycles. The molecule has 0 aliphatic heterocycles. The van der Waals surface area contributed by atoms with Crippen molar-refractivity contribution in [2.75, 3.05) is 20.8 Å². The van der Waals surface area contributed by atoms with Gasteiger partial charge < -0.3 is 19.5 Å². The molecule has 0 aromatic heterocycles. The highest BCUT2D eigenvalue weighted by atomic mass is 35.5. The van der Waals surface area contributed by atoms with Gasteiger partial charge in [-0.1, -0.05) is 23.7 Å². The maximum Gasteiger partial charge on any atom is 0.259 e. The molecule has 0 aliphatic carbocycles. The van der Waals surface area contributed by atoms with Crippen molar-refractivity contribution in [2.24, 2.45) is 5.10 Å². The van der Waals surface area contributed by atoms with Crippen molar-refractivity contribution in [2.45, 2.75) is 6.61 Å². The molecule has 3 aromatic carbocycles. The minimum absolute atomic E-state index is 0.219. The van der Waals surface area contributed by atoms with Gasteiger partial charge in [-0.15, -0.1) is 0 Å². The summed E-state index contributed by atoms with van der Waals surface area (Å²) in [5.74, 6) is 0.894. The lowest BCUT2D eigenvalue weighted by Gasteiger charge is -2.11. The van der Waals surface area contributed by atoms with Gasteiger partial charge >= 0.3 is 0 Å². The van der Waals surface area contributed by atoms with Crippen LogP contribution in [0.4, 0.5) is 0 Å². The van der Waals surface area contributed by atoms with E-state index in [2.05, 4.69) is 15.8 Å². The molecule has 2 N–H and O–H groups in total. The van der Waals surface area contributed by atoms with Gasteiger partial charge in [-0.3, -0.25) is 9.59 Å². The molecule has 0 unspecified atom stereocenters. The summed E-state index contributed by atoms with van der Waals surface area (Å²) in [6.07, 6.45) is 1.47. The number of benzene rings is 3. The first-order valence-corrected chi connectivity index (χ1v) is 10.7. The number of nitrogens with one attached hydrogen (secondary N) is 2. The Kier molecular flexibility index (Phi) is 8.88. The van der Waals surface area contributed by atoms with E-state index in [-0.39, 0.29) is 12.5 Å². The summed E-state index contributed by atoms with van der Waals surface area (Å²) in [7, 11) is 3.08. The fourth-order valence-corrected chi connectivity index (χ4v) is 2.97. The van der Waals surface area contributed by atoms with Gasteiger partial charge in [0.25, 0.3) is 11.8 Å². The largest absolute Gasteiger partial charge is 0.497 e. The first-order valence-electron chi connectivity index (χ1n) is 10.3. The van der Waals surface area contributed by atoms with E-state index in [1.54, 1.807) is 68.8 Å². The van der Waals surface area contributed by atoms with Crippen LogP contribution in [0.3, 0.4) is 0 Å². The summed E-state index contributed by atoms with van der Waals surface area (Å²) in [4.78, 5) is 24.1. The number of hydrazone groups is 1. The monoisotopic (exact) mass is 481 g/mol. The number of amides is 2. The molecule has 0 aliphatic rings. The third-order valence-corrected chi connectivity index (χ3v) is 4.91. The molecule has 0 saturated carbocycles. The normalized spacial score (nSPS) is 10.6. The number of carbonyl (C=O) groups excluding carboxylic acids is 2. The van der Waals surface area contributed by atoms with Crippen LogP contribution in [0.15, 0.2) is 71.8 Å². The Balaban J connectivity index is 1.48. The van der Waals surface area contributed by atoms with Crippen LogP contribution < -0.4 is 25.0 Å². The van der Waals surface area contributed by atoms with Crippen LogP contribution >= 0.6 is 11.6 Å². The second-order valence-corrected chi connectivity index (χ2v) is 7.47. The molecular formula is C25H24ClN3O5. The zero-order valence-corrected chi connectivity index (χ0v) is 19.5. The number of carbonyl (C=O) groups is 2. The van der Waals surface area contributed by atoms with Gasteiger partial charge in [-0.2, -0.15) is 5.10 Å². The predicted octanol–water partition coefficient (Wildman–Crippen LogP) is 3.82. The molecule has 3 aromatic rings. The Morgan fingerprint density at radius 3 is 2.35 bits per heavy atom. The van der Waals surface area contributed by atoms with E-state index in [0.29, 0.717) is 40.0 Å². The Hall–Kier alpha value is -4.04. The first kappa shape index (κ1) is 24.6. The number of rotatable bonds is 10. The van der Waals surface area contributed by atoms with Gasteiger partial charge in [0.1, 0.15) is 12.4 Å². The van der Waals surface area contributed by atoms with Gasteiger partial charge in [0, 0.05) is 10.6 Å². The van der Waals surface area contributed by atoms with E-state index in [1.165, 1.54) is 6.21 Å². The number of halogens is 1. The van der Waals surface area contributed by atoms with Gasteiger partial charge in [-0.05, 0) is 65.7 Å². The Morgan fingerprint density at radius 2 is 1.68 bits per heavy atom. The van der Waals surface area contributed by atoms with Crippen molar-refractivity contribution in [1.29, 1.82) is 0 Å². The lowest BCUT2D eigenvalue weighted by atomic mass is 10.2. The van der Waals surface area contributed by atoms with Crippen LogP contribution in [-0.2, 0) is 11.4 Å². The lowest BCUT2D eigenvalue weighted by molar-refractivity contribution is -0.120. The van der Waals surface area contributed by atoms with Crippen molar-refractivity contribution >= 4 is 29.6 Å². The standard InChI is InChI=1S/C25H24ClN3O5/c1-32-21-10-6-19(7-11-21)25(31)27-15-24(30)29-28-14-18-5-12-22(23(13-18)33-2)34-16-17-3-8-20(26)9-4-17/h3-14H,15-16H2,1-2H3,(H,27,31)(H,29,30). The molecule has 2 amide bonds.